The molecular formula is C17H23ClN2O4. The molecule has 1 heterocycles. The molecule has 6 nitrogen and oxygen atoms in total. The Bertz CT molecular complexity index is 650. The number of methoxy groups -OCH3 is 1. The Morgan fingerprint density at radius 3 is 2.62 bits per heavy atom. The number of carboxylic acid groups (broad SMARTS) is 1. The number of carboxylic acids is 1. The Hall–Kier alpha value is -1.79. The minimum Gasteiger partial charge on any atom is -0.495 e. The summed E-state index contributed by atoms with van der Waals surface area (Å²) < 4.78 is 5.26. The van der Waals surface area contributed by atoms with Gasteiger partial charge in [-0.2, -0.15) is 0 Å². The van der Waals surface area contributed by atoms with Gasteiger partial charge >= 0.3 is 5.97 Å². The van der Waals surface area contributed by atoms with Gasteiger partial charge in [-0.1, -0.05) is 18.5 Å². The van der Waals surface area contributed by atoms with E-state index in [1.165, 1.54) is 7.11 Å². The summed E-state index contributed by atoms with van der Waals surface area (Å²) in [7, 11) is 1.51. The first-order chi connectivity index (χ1) is 11.2. The lowest BCUT2D eigenvalue weighted by atomic mass is 9.99. The fraction of sp³-hybridized carbons (Fsp3) is 0.529. The number of ether oxygens (including phenoxy) is 1. The predicted octanol–water partition coefficient (Wildman–Crippen LogP) is 2.64. The average Bonchev–Trinajstić information content (AvgIpc) is 2.91. The minimum atomic E-state index is -0.812. The molecule has 1 saturated heterocycles. The highest BCUT2D eigenvalue weighted by Crippen LogP contribution is 2.31. The molecule has 1 aromatic carbocycles. The van der Waals surface area contributed by atoms with E-state index in [1.54, 1.807) is 19.1 Å². The van der Waals surface area contributed by atoms with Gasteiger partial charge in [-0.25, -0.2) is 0 Å². The van der Waals surface area contributed by atoms with Gasteiger partial charge in [0.15, 0.2) is 0 Å². The van der Waals surface area contributed by atoms with E-state index in [0.717, 1.165) is 5.56 Å². The zero-order valence-corrected chi connectivity index (χ0v) is 15.1. The van der Waals surface area contributed by atoms with Crippen molar-refractivity contribution in [2.45, 2.75) is 26.8 Å². The predicted molar refractivity (Wildman–Crippen MR) is 92.7 cm³/mol. The van der Waals surface area contributed by atoms with Gasteiger partial charge in [-0.3, -0.25) is 14.5 Å². The van der Waals surface area contributed by atoms with Crippen LogP contribution in [0.2, 0.25) is 5.02 Å². The number of amides is 1. The van der Waals surface area contributed by atoms with E-state index in [4.69, 9.17) is 16.3 Å². The van der Waals surface area contributed by atoms with Crippen LogP contribution in [0.4, 0.5) is 5.69 Å². The lowest BCUT2D eigenvalue weighted by Gasteiger charge is -2.24. The monoisotopic (exact) mass is 354 g/mol. The molecular weight excluding hydrogens is 332 g/mol. The molecule has 24 heavy (non-hydrogen) atoms. The fourth-order valence-electron chi connectivity index (χ4n) is 2.97. The Labute approximate surface area is 146 Å². The van der Waals surface area contributed by atoms with Gasteiger partial charge in [0.25, 0.3) is 0 Å². The van der Waals surface area contributed by atoms with E-state index < -0.39 is 17.9 Å². The summed E-state index contributed by atoms with van der Waals surface area (Å²) in [5, 5.41) is 12.6. The molecule has 132 valence electrons. The summed E-state index contributed by atoms with van der Waals surface area (Å²) in [5.74, 6) is -0.942. The second kappa shape index (κ2) is 7.40. The number of likely N-dealkylation sites (tertiary alicyclic amines) is 1. The Morgan fingerprint density at radius 2 is 2.08 bits per heavy atom. The van der Waals surface area contributed by atoms with Crippen molar-refractivity contribution in [1.82, 2.24) is 4.90 Å². The van der Waals surface area contributed by atoms with Crippen molar-refractivity contribution in [2.75, 3.05) is 25.5 Å². The van der Waals surface area contributed by atoms with Crippen LogP contribution in [0.15, 0.2) is 12.1 Å². The summed E-state index contributed by atoms with van der Waals surface area (Å²) in [6, 6.07) is 2.99. The van der Waals surface area contributed by atoms with Crippen LogP contribution in [-0.4, -0.2) is 48.1 Å². The van der Waals surface area contributed by atoms with Gasteiger partial charge in [-0.05, 0) is 31.4 Å². The maximum Gasteiger partial charge on any atom is 0.308 e. The molecule has 3 atom stereocenters. The van der Waals surface area contributed by atoms with Crippen molar-refractivity contribution in [2.24, 2.45) is 11.8 Å². The standard InChI is InChI=1S/C17H23ClN2O4/c1-9-5-14(15(24-4)6-13(9)18)19-16(21)11(3)20-7-10(2)12(8-20)17(22)23/h5-6,10-12H,7-8H2,1-4H3,(H,19,21)(H,22,23)/t10-,11?,12-/m1/s1. The second-order valence-electron chi connectivity index (χ2n) is 6.34. The number of anilines is 1. The molecule has 0 aromatic heterocycles. The molecule has 1 aromatic rings. The van der Waals surface area contributed by atoms with Gasteiger partial charge < -0.3 is 15.2 Å². The molecule has 1 amide bonds. The van der Waals surface area contributed by atoms with Crippen LogP contribution in [0.25, 0.3) is 0 Å². The maximum atomic E-state index is 12.6. The average molecular weight is 355 g/mol. The van der Waals surface area contributed by atoms with Crippen molar-refractivity contribution < 1.29 is 19.4 Å². The number of halogens is 1. The Morgan fingerprint density at radius 1 is 1.42 bits per heavy atom. The fourth-order valence-corrected chi connectivity index (χ4v) is 3.13. The maximum absolute atomic E-state index is 12.6. The minimum absolute atomic E-state index is 0.0186. The normalized spacial score (nSPS) is 22.2. The Balaban J connectivity index is 2.10. The highest BCUT2D eigenvalue weighted by atomic mass is 35.5. The third kappa shape index (κ3) is 3.82. The quantitative estimate of drug-likeness (QED) is 0.849. The molecule has 1 aliphatic rings. The molecule has 0 bridgehead atoms. The van der Waals surface area contributed by atoms with Crippen LogP contribution < -0.4 is 10.1 Å². The van der Waals surface area contributed by atoms with Crippen LogP contribution in [-0.2, 0) is 9.59 Å². The van der Waals surface area contributed by atoms with Gasteiger partial charge in [0, 0.05) is 24.2 Å². The highest BCUT2D eigenvalue weighted by molar-refractivity contribution is 6.31. The van der Waals surface area contributed by atoms with E-state index in [2.05, 4.69) is 5.32 Å². The molecule has 1 aliphatic heterocycles. The van der Waals surface area contributed by atoms with Crippen molar-refractivity contribution in [3.05, 3.63) is 22.7 Å². The molecule has 7 heteroatoms. The number of nitrogens with zero attached hydrogens (tertiary/aromatic N) is 1. The Kier molecular flexibility index (Phi) is 5.72. The van der Waals surface area contributed by atoms with Gasteiger partial charge in [0.1, 0.15) is 5.75 Å². The number of hydrogen-bond donors (Lipinski definition) is 2. The van der Waals surface area contributed by atoms with E-state index in [-0.39, 0.29) is 11.8 Å². The number of benzene rings is 1. The molecule has 2 rings (SSSR count). The topological polar surface area (TPSA) is 78.9 Å². The summed E-state index contributed by atoms with van der Waals surface area (Å²) in [6.07, 6.45) is 0. The lowest BCUT2D eigenvalue weighted by Crippen LogP contribution is -2.41. The van der Waals surface area contributed by atoms with E-state index in [0.29, 0.717) is 29.5 Å². The van der Waals surface area contributed by atoms with Gasteiger partial charge in [-0.15, -0.1) is 0 Å². The number of carbonyl (C=O) groups excluding carboxylic acids is 1. The second-order valence-corrected chi connectivity index (χ2v) is 6.75. The third-order valence-electron chi connectivity index (χ3n) is 4.62. The molecule has 0 radical (unpaired) electrons. The van der Waals surface area contributed by atoms with Crippen molar-refractivity contribution >= 4 is 29.2 Å². The molecule has 0 spiro atoms. The summed E-state index contributed by atoms with van der Waals surface area (Å²) in [5.41, 5.74) is 1.39. The van der Waals surface area contributed by atoms with Crippen LogP contribution in [0, 0.1) is 18.8 Å². The van der Waals surface area contributed by atoms with Crippen LogP contribution >= 0.6 is 11.6 Å². The molecule has 2 N–H and O–H groups in total. The summed E-state index contributed by atoms with van der Waals surface area (Å²) in [4.78, 5) is 25.7. The number of carbonyl (C=O) groups is 2. The summed E-state index contributed by atoms with van der Waals surface area (Å²) >= 11 is 6.07. The van der Waals surface area contributed by atoms with Gasteiger partial charge in [0.05, 0.1) is 24.8 Å². The molecule has 0 aliphatic carbocycles. The SMILES string of the molecule is COc1cc(Cl)c(C)cc1NC(=O)C(C)N1C[C@@H](C)[C@H](C(=O)O)C1. The number of rotatable bonds is 5. The molecule has 1 unspecified atom stereocenters. The van der Waals surface area contributed by atoms with Crippen LogP contribution in [0.5, 0.6) is 5.75 Å². The lowest BCUT2D eigenvalue weighted by molar-refractivity contribution is -0.142. The number of nitrogens with one attached hydrogen (secondary N) is 1. The number of hydrogen-bond acceptors (Lipinski definition) is 4. The van der Waals surface area contributed by atoms with Gasteiger partial charge in [0.2, 0.25) is 5.91 Å². The third-order valence-corrected chi connectivity index (χ3v) is 5.03. The van der Waals surface area contributed by atoms with E-state index in [9.17, 15) is 14.7 Å². The smallest absolute Gasteiger partial charge is 0.308 e. The van der Waals surface area contributed by atoms with Crippen molar-refractivity contribution in [1.29, 1.82) is 0 Å². The van der Waals surface area contributed by atoms with Crippen molar-refractivity contribution in [3.8, 4) is 5.75 Å². The zero-order chi connectivity index (χ0) is 18.0. The highest BCUT2D eigenvalue weighted by Gasteiger charge is 2.38. The first kappa shape index (κ1) is 18.5. The number of aliphatic carboxylic acids is 1. The number of aryl methyl sites for hydroxylation is 1. The van der Waals surface area contributed by atoms with Crippen molar-refractivity contribution in [3.63, 3.8) is 0 Å². The first-order valence-corrected chi connectivity index (χ1v) is 8.24. The van der Waals surface area contributed by atoms with Crippen LogP contribution in [0.3, 0.4) is 0 Å². The van der Waals surface area contributed by atoms with E-state index in [1.807, 2.05) is 18.7 Å². The molecule has 1 fully saturated rings. The largest absolute Gasteiger partial charge is 0.495 e. The van der Waals surface area contributed by atoms with Crippen LogP contribution in [0.1, 0.15) is 19.4 Å². The van der Waals surface area contributed by atoms with E-state index >= 15 is 0 Å². The summed E-state index contributed by atoms with van der Waals surface area (Å²) in [6.45, 7) is 6.49. The molecule has 0 saturated carbocycles. The first-order valence-electron chi connectivity index (χ1n) is 7.86. The zero-order valence-electron chi connectivity index (χ0n) is 14.3.